The van der Waals surface area contributed by atoms with Crippen molar-refractivity contribution in [3.8, 4) is 11.6 Å². The Kier molecular flexibility index (Phi) is 13.8. The number of amides is 3. The third-order valence-corrected chi connectivity index (χ3v) is 7.29. The first kappa shape index (κ1) is 35.0. The summed E-state index contributed by atoms with van der Waals surface area (Å²) >= 11 is 0. The molecule has 0 fully saturated rings. The van der Waals surface area contributed by atoms with Gasteiger partial charge >= 0.3 is 0 Å². The van der Waals surface area contributed by atoms with Crippen molar-refractivity contribution >= 4 is 17.7 Å². The number of rotatable bonds is 18. The zero-order valence-electron chi connectivity index (χ0n) is 26.7. The molecule has 2 aromatic carbocycles. The Bertz CT molecular complexity index is 1370. The topological polar surface area (TPSA) is 145 Å². The van der Waals surface area contributed by atoms with E-state index in [1.54, 1.807) is 14.1 Å². The van der Waals surface area contributed by atoms with Crippen LogP contribution in [0.1, 0.15) is 41.8 Å². The second-order valence-electron chi connectivity index (χ2n) is 11.2. The number of carbonyl (C=O) groups is 3. The molecule has 11 heteroatoms. The first-order chi connectivity index (χ1) is 21.6. The van der Waals surface area contributed by atoms with Gasteiger partial charge in [0.25, 0.3) is 5.91 Å². The molecule has 45 heavy (non-hydrogen) atoms. The maximum absolute atomic E-state index is 14.0. The number of ether oxygens (including phenoxy) is 3. The van der Waals surface area contributed by atoms with Crippen LogP contribution in [0, 0.1) is 5.92 Å². The fraction of sp³-hybridized carbons (Fsp3) is 0.412. The molecule has 3 aromatic rings. The average molecular weight is 620 g/mol. The Labute approximate surface area is 265 Å². The Hall–Kier alpha value is -4.48. The number of pyridine rings is 1. The van der Waals surface area contributed by atoms with E-state index in [-0.39, 0.29) is 48.8 Å². The lowest BCUT2D eigenvalue weighted by molar-refractivity contribution is -0.143. The lowest BCUT2D eigenvalue weighted by atomic mass is 10.0. The van der Waals surface area contributed by atoms with Crippen LogP contribution in [0.4, 0.5) is 0 Å². The summed E-state index contributed by atoms with van der Waals surface area (Å²) in [5, 5.41) is 6.16. The number of primary amides is 1. The van der Waals surface area contributed by atoms with E-state index in [4.69, 9.17) is 19.9 Å². The van der Waals surface area contributed by atoms with Gasteiger partial charge in [-0.2, -0.15) is 0 Å². The van der Waals surface area contributed by atoms with Crippen LogP contribution in [0.2, 0.25) is 0 Å². The van der Waals surface area contributed by atoms with Crippen LogP contribution in [-0.4, -0.2) is 80.1 Å². The van der Waals surface area contributed by atoms with Crippen LogP contribution in [0.25, 0.3) is 0 Å². The minimum absolute atomic E-state index is 0.00414. The number of nitrogens with one attached hydrogen (secondary N) is 2. The minimum atomic E-state index is -0.926. The number of carbonyl (C=O) groups excluding carboxylic acids is 3. The van der Waals surface area contributed by atoms with Gasteiger partial charge in [-0.1, -0.05) is 74.5 Å². The Morgan fingerprint density at radius 3 is 2.18 bits per heavy atom. The summed E-state index contributed by atoms with van der Waals surface area (Å²) in [6.07, 6.45) is 2.48. The second-order valence-corrected chi connectivity index (χ2v) is 11.2. The van der Waals surface area contributed by atoms with Crippen LogP contribution < -0.4 is 25.8 Å². The van der Waals surface area contributed by atoms with Crippen LogP contribution >= 0.6 is 0 Å². The maximum atomic E-state index is 14.0. The van der Waals surface area contributed by atoms with E-state index >= 15 is 0 Å². The lowest BCUT2D eigenvalue weighted by Gasteiger charge is -2.32. The molecule has 1 aromatic heterocycles. The van der Waals surface area contributed by atoms with Gasteiger partial charge in [0.1, 0.15) is 24.0 Å². The lowest BCUT2D eigenvalue weighted by Crippen LogP contribution is -2.57. The van der Waals surface area contributed by atoms with Gasteiger partial charge in [-0.25, -0.2) is 4.98 Å². The molecule has 0 aliphatic rings. The van der Waals surface area contributed by atoms with Gasteiger partial charge in [-0.15, -0.1) is 0 Å². The fourth-order valence-corrected chi connectivity index (χ4v) is 4.90. The van der Waals surface area contributed by atoms with Crippen molar-refractivity contribution in [3.05, 3.63) is 89.6 Å². The summed E-state index contributed by atoms with van der Waals surface area (Å²) in [6, 6.07) is 18.8. The van der Waals surface area contributed by atoms with Crippen LogP contribution in [0.3, 0.4) is 0 Å². The molecule has 0 aliphatic carbocycles. The number of hydrogen-bond acceptors (Lipinski definition) is 8. The summed E-state index contributed by atoms with van der Waals surface area (Å²) in [6.45, 7) is 4.34. The molecule has 0 radical (unpaired) electrons. The zero-order chi connectivity index (χ0) is 32.8. The van der Waals surface area contributed by atoms with E-state index in [1.165, 1.54) is 24.3 Å². The highest BCUT2D eigenvalue weighted by molar-refractivity contribution is 5.97. The highest BCUT2D eigenvalue weighted by Crippen LogP contribution is 2.26. The summed E-state index contributed by atoms with van der Waals surface area (Å²) in [7, 11) is 4.74. The Morgan fingerprint density at radius 2 is 1.60 bits per heavy atom. The number of methoxy groups -OCH3 is 1. The van der Waals surface area contributed by atoms with Gasteiger partial charge in [0.05, 0.1) is 32.4 Å². The number of aromatic nitrogens is 1. The normalized spacial score (nSPS) is 13.0. The number of benzene rings is 2. The van der Waals surface area contributed by atoms with Crippen molar-refractivity contribution in [2.75, 3.05) is 34.4 Å². The molecule has 0 aliphatic heterocycles. The maximum Gasteiger partial charge on any atom is 0.258 e. The summed E-state index contributed by atoms with van der Waals surface area (Å²) in [5.41, 5.74) is 7.51. The molecule has 1 unspecified atom stereocenters. The van der Waals surface area contributed by atoms with Gasteiger partial charge in [0.15, 0.2) is 0 Å². The molecule has 11 nitrogen and oxygen atoms in total. The molecule has 0 spiro atoms. The van der Waals surface area contributed by atoms with E-state index in [9.17, 15) is 14.4 Å². The van der Waals surface area contributed by atoms with Crippen molar-refractivity contribution in [1.82, 2.24) is 20.5 Å². The van der Waals surface area contributed by atoms with E-state index < -0.39 is 29.9 Å². The Morgan fingerprint density at radius 1 is 0.956 bits per heavy atom. The highest BCUT2D eigenvalue weighted by Gasteiger charge is 2.32. The summed E-state index contributed by atoms with van der Waals surface area (Å²) in [4.78, 5) is 45.2. The van der Waals surface area contributed by atoms with E-state index in [2.05, 4.69) is 15.6 Å². The molecule has 3 rings (SSSR count). The molecule has 1 heterocycles. The predicted molar refractivity (Wildman–Crippen MR) is 172 cm³/mol. The van der Waals surface area contributed by atoms with E-state index in [0.29, 0.717) is 12.8 Å². The van der Waals surface area contributed by atoms with Gasteiger partial charge in [0, 0.05) is 13.2 Å². The molecule has 4 N–H and O–H groups in total. The van der Waals surface area contributed by atoms with Gasteiger partial charge in [-0.05, 0) is 43.0 Å². The number of likely N-dealkylation sites (N-methyl/N-ethyl adjacent to an activating group) is 2. The quantitative estimate of drug-likeness (QED) is 0.197. The summed E-state index contributed by atoms with van der Waals surface area (Å²) in [5.74, 6) is -0.867. The van der Waals surface area contributed by atoms with Crippen molar-refractivity contribution in [2.45, 2.75) is 51.4 Å². The largest absolute Gasteiger partial charge is 0.490 e. The molecule has 0 saturated carbocycles. The molecular weight excluding hydrogens is 574 g/mol. The number of nitrogens with two attached hydrogens (primary N) is 1. The minimum Gasteiger partial charge on any atom is -0.490 e. The van der Waals surface area contributed by atoms with Crippen LogP contribution in [-0.2, 0) is 27.4 Å². The molecule has 242 valence electrons. The van der Waals surface area contributed by atoms with Gasteiger partial charge in [0.2, 0.25) is 17.7 Å². The van der Waals surface area contributed by atoms with Crippen molar-refractivity contribution in [3.63, 3.8) is 0 Å². The van der Waals surface area contributed by atoms with Crippen LogP contribution in [0.15, 0.2) is 72.9 Å². The average Bonchev–Trinajstić information content (AvgIpc) is 3.04. The molecule has 3 amide bonds. The first-order valence-corrected chi connectivity index (χ1v) is 15.0. The molecule has 0 bridgehead atoms. The SMILES string of the molecule is CN[C@@H](CC(C)C)C(=O)N(C)C(COCc1ccccc1)C(=O)N[C@@H](COc1ccnc(OC)c1C(N)=O)Cc1ccccc1. The van der Waals surface area contributed by atoms with Crippen molar-refractivity contribution < 1.29 is 28.6 Å². The second kappa shape index (κ2) is 17.7. The van der Waals surface area contributed by atoms with Gasteiger partial charge in [-0.3, -0.25) is 14.4 Å². The van der Waals surface area contributed by atoms with E-state index in [0.717, 1.165) is 11.1 Å². The standard InChI is InChI=1S/C34H45N5O6/c1-23(2)18-27(36-3)34(42)39(4)28(22-44-20-25-14-10-7-11-15-25)32(41)38-26(19-24-12-8-6-9-13-24)21-45-29-16-17-37-33(43-5)30(29)31(35)40/h6-17,23,26-28,36H,18-22H2,1-5H3,(H2,35,40)(H,38,41)/t26-,27+,28?/m1/s1. The van der Waals surface area contributed by atoms with Crippen molar-refractivity contribution in [2.24, 2.45) is 11.7 Å². The molecular formula is C34H45N5O6. The zero-order valence-corrected chi connectivity index (χ0v) is 26.7. The van der Waals surface area contributed by atoms with Gasteiger partial charge < -0.3 is 35.5 Å². The molecule has 0 saturated heterocycles. The third kappa shape index (κ3) is 10.6. The van der Waals surface area contributed by atoms with E-state index in [1.807, 2.05) is 74.5 Å². The summed E-state index contributed by atoms with van der Waals surface area (Å²) < 4.78 is 17.2. The fourth-order valence-electron chi connectivity index (χ4n) is 4.90. The smallest absolute Gasteiger partial charge is 0.258 e. The first-order valence-electron chi connectivity index (χ1n) is 15.0. The molecule has 3 atom stereocenters. The van der Waals surface area contributed by atoms with Crippen LogP contribution in [0.5, 0.6) is 11.6 Å². The Balaban J connectivity index is 1.85. The number of hydrogen-bond donors (Lipinski definition) is 3. The number of nitrogens with zero attached hydrogens (tertiary/aromatic N) is 2. The predicted octanol–water partition coefficient (Wildman–Crippen LogP) is 2.97. The highest BCUT2D eigenvalue weighted by atomic mass is 16.5. The monoisotopic (exact) mass is 619 g/mol. The third-order valence-electron chi connectivity index (χ3n) is 7.29. The van der Waals surface area contributed by atoms with Crippen molar-refractivity contribution in [1.29, 1.82) is 0 Å².